The van der Waals surface area contributed by atoms with Crippen LogP contribution < -0.4 is 10.0 Å². The second-order valence-electron chi connectivity index (χ2n) is 6.39. The molecule has 1 unspecified atom stereocenters. The number of sulfonamides is 1. The molecule has 0 heterocycles. The Hall–Kier alpha value is -2.91. The summed E-state index contributed by atoms with van der Waals surface area (Å²) >= 11 is 0. The summed E-state index contributed by atoms with van der Waals surface area (Å²) in [5.74, 6) is -0.701. The molecule has 0 saturated heterocycles. The average molecular weight is 422 g/mol. The van der Waals surface area contributed by atoms with Crippen molar-refractivity contribution in [1.82, 2.24) is 4.72 Å². The van der Waals surface area contributed by atoms with Crippen LogP contribution in [0.1, 0.15) is 12.5 Å². The first kappa shape index (κ1) is 20.8. The van der Waals surface area contributed by atoms with Crippen molar-refractivity contribution >= 4 is 32.4 Å². The quantitative estimate of drug-likeness (QED) is 0.648. The van der Waals surface area contributed by atoms with Gasteiger partial charge in [0, 0.05) is 5.69 Å². The minimum absolute atomic E-state index is 0.440. The molecule has 0 bridgehead atoms. The van der Waals surface area contributed by atoms with E-state index >= 15 is 0 Å². The van der Waals surface area contributed by atoms with Crippen LogP contribution in [0.25, 0.3) is 10.8 Å². The molecule has 2 N–H and O–H groups in total. The third kappa shape index (κ3) is 4.75. The van der Waals surface area contributed by atoms with E-state index in [2.05, 4.69) is 5.32 Å². The Kier molecular flexibility index (Phi) is 5.63. The molecule has 1 amide bonds. The maximum atomic E-state index is 13.1. The molecule has 5 nitrogen and oxygen atoms in total. The van der Waals surface area contributed by atoms with Gasteiger partial charge in [-0.2, -0.15) is 17.9 Å². The van der Waals surface area contributed by atoms with Crippen molar-refractivity contribution in [2.24, 2.45) is 0 Å². The summed E-state index contributed by atoms with van der Waals surface area (Å²) in [6, 6.07) is 15.1. The average Bonchev–Trinajstić information content (AvgIpc) is 2.67. The second-order valence-corrected chi connectivity index (χ2v) is 8.07. The summed E-state index contributed by atoms with van der Waals surface area (Å²) in [6.45, 7) is 1.25. The van der Waals surface area contributed by atoms with Gasteiger partial charge < -0.3 is 5.32 Å². The Morgan fingerprint density at radius 1 is 0.931 bits per heavy atom. The van der Waals surface area contributed by atoms with E-state index in [0.717, 1.165) is 22.9 Å². The zero-order valence-corrected chi connectivity index (χ0v) is 16.0. The van der Waals surface area contributed by atoms with Crippen molar-refractivity contribution in [2.75, 3.05) is 5.32 Å². The molecule has 0 aliphatic heterocycles. The van der Waals surface area contributed by atoms with Gasteiger partial charge in [-0.3, -0.25) is 4.79 Å². The zero-order valence-electron chi connectivity index (χ0n) is 15.2. The third-order valence-electron chi connectivity index (χ3n) is 4.22. The molecule has 0 radical (unpaired) electrons. The van der Waals surface area contributed by atoms with Gasteiger partial charge in [0.15, 0.2) is 0 Å². The Bertz CT molecular complexity index is 1160. The Labute approximate surface area is 165 Å². The number of fused-ring (bicyclic) bond motifs is 1. The van der Waals surface area contributed by atoms with Crippen molar-refractivity contribution in [1.29, 1.82) is 0 Å². The lowest BCUT2D eigenvalue weighted by Crippen LogP contribution is -2.42. The molecule has 0 aliphatic carbocycles. The van der Waals surface area contributed by atoms with Crippen molar-refractivity contribution < 1.29 is 26.4 Å². The molecule has 0 aromatic heterocycles. The molecule has 3 aromatic rings. The number of alkyl halides is 3. The molecule has 29 heavy (non-hydrogen) atoms. The monoisotopic (exact) mass is 422 g/mol. The van der Waals surface area contributed by atoms with Crippen LogP contribution in [-0.2, 0) is 21.0 Å². The molecular formula is C20H17F3N2O3S. The minimum Gasteiger partial charge on any atom is -0.325 e. The van der Waals surface area contributed by atoms with Gasteiger partial charge in [-0.05, 0) is 42.0 Å². The fraction of sp³-hybridized carbons (Fsp3) is 0.150. The Balaban J connectivity index is 1.78. The van der Waals surface area contributed by atoms with Crippen LogP contribution in [0.5, 0.6) is 0 Å². The standard InChI is InChI=1S/C20H17F3N2O3S/c1-13(19(26)24-16-11-10-14-6-2-3-7-15(14)12-16)25-29(27,28)18-9-5-4-8-17(18)20(21,22)23/h2-13,25H,1H3,(H,24,26). The number of hydrogen-bond donors (Lipinski definition) is 2. The normalized spacial score (nSPS) is 13.2. The first-order valence-corrected chi connectivity index (χ1v) is 10.0. The molecule has 3 aromatic carbocycles. The van der Waals surface area contributed by atoms with Gasteiger partial charge >= 0.3 is 6.18 Å². The van der Waals surface area contributed by atoms with Crippen LogP contribution in [0, 0.1) is 0 Å². The number of anilines is 1. The number of halogens is 3. The van der Waals surface area contributed by atoms with Crippen LogP contribution in [0.2, 0.25) is 0 Å². The van der Waals surface area contributed by atoms with Gasteiger partial charge in [-0.25, -0.2) is 8.42 Å². The molecule has 9 heteroatoms. The maximum Gasteiger partial charge on any atom is 0.417 e. The number of carbonyl (C=O) groups is 1. The number of rotatable bonds is 5. The van der Waals surface area contributed by atoms with E-state index in [9.17, 15) is 26.4 Å². The van der Waals surface area contributed by atoms with Gasteiger partial charge in [-0.1, -0.05) is 42.5 Å². The zero-order chi connectivity index (χ0) is 21.2. The molecule has 0 spiro atoms. The van der Waals surface area contributed by atoms with Crippen LogP contribution in [0.15, 0.2) is 71.6 Å². The summed E-state index contributed by atoms with van der Waals surface area (Å²) in [5, 5.41) is 4.40. The molecular weight excluding hydrogens is 405 g/mol. The predicted octanol–water partition coefficient (Wildman–Crippen LogP) is 4.16. The van der Waals surface area contributed by atoms with Crippen LogP contribution in [-0.4, -0.2) is 20.4 Å². The molecule has 0 fully saturated rings. The number of hydrogen-bond acceptors (Lipinski definition) is 3. The fourth-order valence-electron chi connectivity index (χ4n) is 2.80. The number of nitrogens with one attached hydrogen (secondary N) is 2. The van der Waals surface area contributed by atoms with Gasteiger partial charge in [0.05, 0.1) is 16.5 Å². The lowest BCUT2D eigenvalue weighted by Gasteiger charge is -2.17. The highest BCUT2D eigenvalue weighted by molar-refractivity contribution is 7.89. The third-order valence-corrected chi connectivity index (χ3v) is 5.82. The summed E-state index contributed by atoms with van der Waals surface area (Å²) in [6.07, 6.45) is -4.85. The van der Waals surface area contributed by atoms with E-state index in [1.54, 1.807) is 18.2 Å². The molecule has 3 rings (SSSR count). The van der Waals surface area contributed by atoms with Crippen molar-refractivity contribution in [3.8, 4) is 0 Å². The first-order chi connectivity index (χ1) is 13.6. The highest BCUT2D eigenvalue weighted by Gasteiger charge is 2.37. The minimum atomic E-state index is -4.85. The van der Waals surface area contributed by atoms with E-state index < -0.39 is 38.6 Å². The number of amides is 1. The SMILES string of the molecule is CC(NS(=O)(=O)c1ccccc1C(F)(F)F)C(=O)Nc1ccc2ccccc2c1. The molecule has 152 valence electrons. The number of carbonyl (C=O) groups excluding carboxylic acids is 1. The fourth-order valence-corrected chi connectivity index (χ4v) is 4.23. The molecule has 1 atom stereocenters. The largest absolute Gasteiger partial charge is 0.417 e. The van der Waals surface area contributed by atoms with Crippen molar-refractivity contribution in [3.05, 3.63) is 72.3 Å². The van der Waals surface area contributed by atoms with Crippen LogP contribution in [0.4, 0.5) is 18.9 Å². The first-order valence-electron chi connectivity index (χ1n) is 8.56. The van der Waals surface area contributed by atoms with Crippen LogP contribution in [0.3, 0.4) is 0 Å². The van der Waals surface area contributed by atoms with Gasteiger partial charge in [0.2, 0.25) is 15.9 Å². The lowest BCUT2D eigenvalue weighted by atomic mass is 10.1. The van der Waals surface area contributed by atoms with Crippen molar-refractivity contribution in [3.63, 3.8) is 0 Å². The topological polar surface area (TPSA) is 75.3 Å². The van der Waals surface area contributed by atoms with Gasteiger partial charge in [-0.15, -0.1) is 0 Å². The summed E-state index contributed by atoms with van der Waals surface area (Å²) in [4.78, 5) is 11.4. The van der Waals surface area contributed by atoms with E-state index in [1.165, 1.54) is 13.0 Å². The lowest BCUT2D eigenvalue weighted by molar-refractivity contribution is -0.139. The molecule has 0 aliphatic rings. The Morgan fingerprint density at radius 2 is 1.55 bits per heavy atom. The van der Waals surface area contributed by atoms with E-state index in [1.807, 2.05) is 29.0 Å². The maximum absolute atomic E-state index is 13.1. The van der Waals surface area contributed by atoms with Gasteiger partial charge in [0.1, 0.15) is 0 Å². The van der Waals surface area contributed by atoms with E-state index in [0.29, 0.717) is 11.8 Å². The highest BCUT2D eigenvalue weighted by Crippen LogP contribution is 2.34. The number of benzene rings is 3. The van der Waals surface area contributed by atoms with E-state index in [4.69, 9.17) is 0 Å². The predicted molar refractivity (Wildman–Crippen MR) is 104 cm³/mol. The molecule has 0 saturated carbocycles. The summed E-state index contributed by atoms with van der Waals surface area (Å²) < 4.78 is 66.3. The highest BCUT2D eigenvalue weighted by atomic mass is 32.2. The summed E-state index contributed by atoms with van der Waals surface area (Å²) in [7, 11) is -4.58. The van der Waals surface area contributed by atoms with Crippen LogP contribution >= 0.6 is 0 Å². The smallest absolute Gasteiger partial charge is 0.325 e. The van der Waals surface area contributed by atoms with E-state index in [-0.39, 0.29) is 0 Å². The second kappa shape index (κ2) is 7.84. The van der Waals surface area contributed by atoms with Crippen molar-refractivity contribution in [2.45, 2.75) is 24.0 Å². The summed E-state index contributed by atoms with van der Waals surface area (Å²) in [5.41, 5.74) is -0.856. The Morgan fingerprint density at radius 3 is 2.24 bits per heavy atom. The van der Waals surface area contributed by atoms with Gasteiger partial charge in [0.25, 0.3) is 0 Å².